The molecule has 0 amide bonds. The molecule has 106 valence electrons. The van der Waals surface area contributed by atoms with Crippen LogP contribution in [0.3, 0.4) is 0 Å². The van der Waals surface area contributed by atoms with Crippen molar-refractivity contribution in [3.05, 3.63) is 29.6 Å². The van der Waals surface area contributed by atoms with Crippen molar-refractivity contribution in [1.82, 2.24) is 0 Å². The van der Waals surface area contributed by atoms with Crippen LogP contribution in [0.4, 0.5) is 4.39 Å². The largest absolute Gasteiger partial charge is 0.493 e. The van der Waals surface area contributed by atoms with Crippen molar-refractivity contribution in [3.63, 3.8) is 0 Å². The second-order valence-corrected chi connectivity index (χ2v) is 5.41. The van der Waals surface area contributed by atoms with E-state index in [1.54, 1.807) is 6.07 Å². The lowest BCUT2D eigenvalue weighted by atomic mass is 10.0. The van der Waals surface area contributed by atoms with E-state index in [1.807, 2.05) is 13.0 Å². The Balaban J connectivity index is 1.94. The van der Waals surface area contributed by atoms with Gasteiger partial charge in [0.2, 0.25) is 0 Å². The van der Waals surface area contributed by atoms with Crippen LogP contribution < -0.4 is 4.74 Å². The molecule has 1 aliphatic carbocycles. The van der Waals surface area contributed by atoms with Gasteiger partial charge in [0, 0.05) is 12.5 Å². The van der Waals surface area contributed by atoms with Crippen LogP contribution in [-0.4, -0.2) is 19.8 Å². The van der Waals surface area contributed by atoms with E-state index < -0.39 is 0 Å². The van der Waals surface area contributed by atoms with Gasteiger partial charge < -0.3 is 9.47 Å². The van der Waals surface area contributed by atoms with Gasteiger partial charge >= 0.3 is 0 Å². The van der Waals surface area contributed by atoms with E-state index in [0.717, 1.165) is 25.4 Å². The molecule has 0 spiro atoms. The minimum atomic E-state index is -0.175. The first kappa shape index (κ1) is 14.3. The average Bonchev–Trinajstić information content (AvgIpc) is 3.22. The molecule has 0 N–H and O–H groups in total. The van der Waals surface area contributed by atoms with Gasteiger partial charge in [-0.05, 0) is 48.9 Å². The normalized spacial score (nSPS) is 16.4. The van der Waals surface area contributed by atoms with Crippen molar-refractivity contribution in [1.29, 1.82) is 0 Å². The fourth-order valence-electron chi connectivity index (χ4n) is 1.98. The summed E-state index contributed by atoms with van der Waals surface area (Å²) in [6, 6.07) is 5.02. The summed E-state index contributed by atoms with van der Waals surface area (Å²) in [5, 5.41) is 0. The van der Waals surface area contributed by atoms with E-state index in [1.165, 1.54) is 18.9 Å². The van der Waals surface area contributed by atoms with Crippen molar-refractivity contribution in [3.8, 4) is 5.75 Å². The van der Waals surface area contributed by atoms with Gasteiger partial charge in [-0.25, -0.2) is 4.39 Å². The predicted octanol–water partition coefficient (Wildman–Crippen LogP) is 4.14. The van der Waals surface area contributed by atoms with Crippen LogP contribution in [0.25, 0.3) is 0 Å². The van der Waals surface area contributed by atoms with Crippen molar-refractivity contribution >= 4 is 0 Å². The zero-order chi connectivity index (χ0) is 13.7. The summed E-state index contributed by atoms with van der Waals surface area (Å²) < 4.78 is 25.0. The van der Waals surface area contributed by atoms with E-state index in [2.05, 4.69) is 6.92 Å². The molecule has 1 aliphatic rings. The van der Waals surface area contributed by atoms with E-state index >= 15 is 0 Å². The van der Waals surface area contributed by atoms with Crippen LogP contribution >= 0.6 is 0 Å². The Hall–Kier alpha value is -1.09. The van der Waals surface area contributed by atoms with Crippen molar-refractivity contribution in [2.45, 2.75) is 39.0 Å². The SMILES string of the molecule is CCCOCC(C)c1cc(OCC2CC2)ccc1F. The molecule has 3 heteroatoms. The summed E-state index contributed by atoms with van der Waals surface area (Å²) >= 11 is 0. The highest BCUT2D eigenvalue weighted by molar-refractivity contribution is 5.32. The predicted molar refractivity (Wildman–Crippen MR) is 74.1 cm³/mol. The molecule has 19 heavy (non-hydrogen) atoms. The zero-order valence-electron chi connectivity index (χ0n) is 11.8. The summed E-state index contributed by atoms with van der Waals surface area (Å²) in [7, 11) is 0. The fraction of sp³-hybridized carbons (Fsp3) is 0.625. The van der Waals surface area contributed by atoms with Gasteiger partial charge in [-0.15, -0.1) is 0 Å². The summed E-state index contributed by atoms with van der Waals surface area (Å²) in [4.78, 5) is 0. The third-order valence-corrected chi connectivity index (χ3v) is 3.40. The molecule has 0 aromatic heterocycles. The van der Waals surface area contributed by atoms with Gasteiger partial charge in [0.15, 0.2) is 0 Å². The molecule has 1 aromatic rings. The van der Waals surface area contributed by atoms with E-state index in [9.17, 15) is 4.39 Å². The van der Waals surface area contributed by atoms with E-state index in [0.29, 0.717) is 18.1 Å². The highest BCUT2D eigenvalue weighted by Gasteiger charge is 2.22. The zero-order valence-corrected chi connectivity index (χ0v) is 11.8. The number of hydrogen-bond acceptors (Lipinski definition) is 2. The minimum Gasteiger partial charge on any atom is -0.493 e. The van der Waals surface area contributed by atoms with Crippen LogP contribution in [0.5, 0.6) is 5.75 Å². The number of ether oxygens (including phenoxy) is 2. The smallest absolute Gasteiger partial charge is 0.127 e. The Bertz CT molecular complexity index is 402. The fourth-order valence-corrected chi connectivity index (χ4v) is 1.98. The molecule has 1 unspecified atom stereocenters. The monoisotopic (exact) mass is 266 g/mol. The average molecular weight is 266 g/mol. The molecule has 0 saturated heterocycles. The first-order chi connectivity index (χ1) is 9.20. The lowest BCUT2D eigenvalue weighted by molar-refractivity contribution is 0.123. The Morgan fingerprint density at radius 2 is 2.16 bits per heavy atom. The van der Waals surface area contributed by atoms with E-state index in [4.69, 9.17) is 9.47 Å². The second kappa shape index (κ2) is 6.90. The maximum atomic E-state index is 13.8. The molecule has 2 nitrogen and oxygen atoms in total. The molecule has 0 bridgehead atoms. The molecule has 0 aliphatic heterocycles. The molecule has 2 rings (SSSR count). The standard InChI is InChI=1S/C16H23FO2/c1-3-8-18-10-12(2)15-9-14(6-7-16(15)17)19-11-13-4-5-13/h6-7,9,12-13H,3-5,8,10-11H2,1-2H3. The van der Waals surface area contributed by atoms with Crippen LogP contribution in [0.1, 0.15) is 44.6 Å². The van der Waals surface area contributed by atoms with Crippen molar-refractivity contribution in [2.24, 2.45) is 5.92 Å². The van der Waals surface area contributed by atoms with Gasteiger partial charge in [0.1, 0.15) is 11.6 Å². The highest BCUT2D eigenvalue weighted by atomic mass is 19.1. The summed E-state index contributed by atoms with van der Waals surface area (Å²) in [5.74, 6) is 1.35. The van der Waals surface area contributed by atoms with Crippen LogP contribution in [0, 0.1) is 11.7 Å². The molecule has 0 radical (unpaired) electrons. The summed E-state index contributed by atoms with van der Waals surface area (Å²) in [6.07, 6.45) is 3.50. The third-order valence-electron chi connectivity index (χ3n) is 3.40. The number of halogens is 1. The van der Waals surface area contributed by atoms with Crippen LogP contribution in [0.2, 0.25) is 0 Å². The highest BCUT2D eigenvalue weighted by Crippen LogP contribution is 2.30. The number of benzene rings is 1. The molecule has 1 aromatic carbocycles. The lowest BCUT2D eigenvalue weighted by Gasteiger charge is -2.15. The second-order valence-electron chi connectivity index (χ2n) is 5.41. The first-order valence-electron chi connectivity index (χ1n) is 7.20. The first-order valence-corrected chi connectivity index (χ1v) is 7.20. The molecule has 1 atom stereocenters. The van der Waals surface area contributed by atoms with Crippen molar-refractivity contribution in [2.75, 3.05) is 19.8 Å². The molecular formula is C16H23FO2. The van der Waals surface area contributed by atoms with Gasteiger partial charge in [0.25, 0.3) is 0 Å². The maximum absolute atomic E-state index is 13.8. The van der Waals surface area contributed by atoms with E-state index in [-0.39, 0.29) is 11.7 Å². The minimum absolute atomic E-state index is 0.0519. The Labute approximate surface area is 114 Å². The van der Waals surface area contributed by atoms with Crippen LogP contribution in [0.15, 0.2) is 18.2 Å². The van der Waals surface area contributed by atoms with Crippen LogP contribution in [-0.2, 0) is 4.74 Å². The Morgan fingerprint density at radius 3 is 2.84 bits per heavy atom. The summed E-state index contributed by atoms with van der Waals surface area (Å²) in [5.41, 5.74) is 0.685. The maximum Gasteiger partial charge on any atom is 0.127 e. The topological polar surface area (TPSA) is 18.5 Å². The lowest BCUT2D eigenvalue weighted by Crippen LogP contribution is -2.08. The van der Waals surface area contributed by atoms with Crippen molar-refractivity contribution < 1.29 is 13.9 Å². The third kappa shape index (κ3) is 4.50. The Kier molecular flexibility index (Phi) is 5.20. The molecule has 1 fully saturated rings. The van der Waals surface area contributed by atoms with Gasteiger partial charge in [0.05, 0.1) is 13.2 Å². The summed E-state index contributed by atoms with van der Waals surface area (Å²) in [6.45, 7) is 6.09. The molecule has 0 heterocycles. The molecule has 1 saturated carbocycles. The quantitative estimate of drug-likeness (QED) is 0.658. The molecular weight excluding hydrogens is 243 g/mol. The Morgan fingerprint density at radius 1 is 1.37 bits per heavy atom. The number of rotatable bonds is 8. The van der Waals surface area contributed by atoms with Gasteiger partial charge in [-0.1, -0.05) is 13.8 Å². The van der Waals surface area contributed by atoms with Gasteiger partial charge in [-0.2, -0.15) is 0 Å². The number of hydrogen-bond donors (Lipinski definition) is 0. The van der Waals surface area contributed by atoms with Gasteiger partial charge in [-0.3, -0.25) is 0 Å².